The second-order valence-corrected chi connectivity index (χ2v) is 3.73. The summed E-state index contributed by atoms with van der Waals surface area (Å²) in [6, 6.07) is 8.45. The number of rotatable bonds is 2. The zero-order valence-electron chi connectivity index (χ0n) is 5.80. The molecule has 3 radical (unpaired) electrons. The van der Waals surface area contributed by atoms with E-state index >= 15 is 0 Å². The van der Waals surface area contributed by atoms with Gasteiger partial charge in [0.25, 0.3) is 0 Å². The summed E-state index contributed by atoms with van der Waals surface area (Å²) < 4.78 is 1.43. The molecule has 0 atom stereocenters. The van der Waals surface area contributed by atoms with Gasteiger partial charge in [0.15, 0.2) is 0 Å². The monoisotopic (exact) mass is 240 g/mol. The summed E-state index contributed by atoms with van der Waals surface area (Å²) in [7, 11) is 0. The number of hydrogen-bond acceptors (Lipinski definition) is 1. The van der Waals surface area contributed by atoms with Crippen LogP contribution in [-0.4, -0.2) is 29.1 Å². The molecule has 0 heterocycles. The third-order valence-corrected chi connectivity index (χ3v) is 2.82. The van der Waals surface area contributed by atoms with Crippen LogP contribution >= 0.6 is 0 Å². The van der Waals surface area contributed by atoms with E-state index in [-0.39, 0.29) is 0 Å². The molecule has 2 heteroatoms. The Labute approximate surface area is 74.7 Å². The van der Waals surface area contributed by atoms with Crippen LogP contribution in [0.25, 0.3) is 0 Å². The zero-order chi connectivity index (χ0) is 7.40. The predicted molar refractivity (Wildman–Crippen MR) is 44.6 cm³/mol. The third kappa shape index (κ3) is 1.99. The Morgan fingerprint density at radius 3 is 2.60 bits per heavy atom. The van der Waals surface area contributed by atoms with E-state index in [0.29, 0.717) is 0 Å². The van der Waals surface area contributed by atoms with Gasteiger partial charge in [-0.25, -0.2) is 0 Å². The Bertz CT molecular complexity index is 210. The Morgan fingerprint density at radius 1 is 1.30 bits per heavy atom. The molecule has 1 aromatic carbocycles. The van der Waals surface area contributed by atoms with Crippen LogP contribution in [-0.2, 0) is 6.42 Å². The Hall–Kier alpha value is -0.0213. The fourth-order valence-electron chi connectivity index (χ4n) is 0.894. The molecule has 2 N–H and O–H groups in total. The molecule has 1 nitrogen and oxygen atoms in total. The second kappa shape index (κ2) is 3.98. The van der Waals surface area contributed by atoms with Crippen molar-refractivity contribution in [3.63, 3.8) is 0 Å². The van der Waals surface area contributed by atoms with Crippen LogP contribution in [0, 0.1) is 0 Å². The Kier molecular flexibility index (Phi) is 3.22. The average Bonchev–Trinajstić information content (AvgIpc) is 1.94. The van der Waals surface area contributed by atoms with Gasteiger partial charge in [-0.15, -0.1) is 0 Å². The van der Waals surface area contributed by atoms with Crippen molar-refractivity contribution < 1.29 is 0 Å². The Balaban J connectivity index is 2.81. The zero-order valence-corrected chi connectivity index (χ0v) is 8.66. The summed E-state index contributed by atoms with van der Waals surface area (Å²) in [6.07, 6.45) is 1.02. The molecule has 1 aromatic rings. The molecule has 0 spiro atoms. The molecule has 10 heavy (non-hydrogen) atoms. The van der Waals surface area contributed by atoms with E-state index in [1.165, 1.54) is 31.7 Å². The first-order valence-electron chi connectivity index (χ1n) is 3.34. The van der Waals surface area contributed by atoms with Gasteiger partial charge in [-0.05, 0) is 0 Å². The maximum atomic E-state index is 5.44. The van der Waals surface area contributed by atoms with Crippen molar-refractivity contribution in [1.82, 2.24) is 0 Å². The molecule has 0 saturated heterocycles. The van der Waals surface area contributed by atoms with Gasteiger partial charge in [0.1, 0.15) is 0 Å². The third-order valence-electron chi connectivity index (χ3n) is 1.43. The predicted octanol–water partition coefficient (Wildman–Crippen LogP) is -0.0184. The van der Waals surface area contributed by atoms with E-state index < -0.39 is 0 Å². The molecule has 0 amide bonds. The second-order valence-electron chi connectivity index (χ2n) is 2.20. The van der Waals surface area contributed by atoms with Gasteiger partial charge in [-0.3, -0.25) is 0 Å². The van der Waals surface area contributed by atoms with E-state index in [9.17, 15) is 0 Å². The SMILES string of the molecule is NCCc1cccc[c]1[Sn]. The van der Waals surface area contributed by atoms with E-state index in [0.717, 1.165) is 13.0 Å². The molecule has 0 aliphatic carbocycles. The number of hydrogen-bond donors (Lipinski definition) is 1. The molecular formula is C8H10NSn. The van der Waals surface area contributed by atoms with Crippen LogP contribution in [0.4, 0.5) is 0 Å². The van der Waals surface area contributed by atoms with Gasteiger partial charge in [0, 0.05) is 0 Å². The summed E-state index contributed by atoms with van der Waals surface area (Å²) in [5.41, 5.74) is 6.85. The van der Waals surface area contributed by atoms with Gasteiger partial charge in [-0.1, -0.05) is 0 Å². The van der Waals surface area contributed by atoms with Crippen molar-refractivity contribution in [3.8, 4) is 0 Å². The topological polar surface area (TPSA) is 26.0 Å². The van der Waals surface area contributed by atoms with Crippen LogP contribution in [0.15, 0.2) is 24.3 Å². The van der Waals surface area contributed by atoms with Gasteiger partial charge >= 0.3 is 74.6 Å². The van der Waals surface area contributed by atoms with Crippen molar-refractivity contribution in [2.24, 2.45) is 5.73 Å². The number of benzene rings is 1. The standard InChI is InChI=1S/C8H10N.Sn/c9-7-6-8-4-2-1-3-5-8;/h1-4H,6-7,9H2;. The minimum absolute atomic E-state index is 0.755. The summed E-state index contributed by atoms with van der Waals surface area (Å²) in [6.45, 7) is 0.755. The van der Waals surface area contributed by atoms with Crippen molar-refractivity contribution in [2.45, 2.75) is 6.42 Å². The molecule has 0 fully saturated rings. The van der Waals surface area contributed by atoms with Crippen LogP contribution < -0.4 is 9.31 Å². The molecule has 1 rings (SSSR count). The summed E-state index contributed by atoms with van der Waals surface area (Å²) in [4.78, 5) is 0. The summed E-state index contributed by atoms with van der Waals surface area (Å²) in [5.74, 6) is 0. The van der Waals surface area contributed by atoms with Crippen molar-refractivity contribution in [3.05, 3.63) is 29.8 Å². The van der Waals surface area contributed by atoms with E-state index in [4.69, 9.17) is 5.73 Å². The summed E-state index contributed by atoms with van der Waals surface area (Å²) >= 11 is 1.48. The molecule has 0 saturated carbocycles. The van der Waals surface area contributed by atoms with Gasteiger partial charge in [0.2, 0.25) is 0 Å². The molecule has 0 aliphatic rings. The summed E-state index contributed by atoms with van der Waals surface area (Å²) in [5, 5.41) is 0. The average molecular weight is 239 g/mol. The first-order valence-corrected chi connectivity index (χ1v) is 4.77. The molecule has 0 unspecified atom stereocenters. The van der Waals surface area contributed by atoms with Crippen LogP contribution in [0.3, 0.4) is 0 Å². The molecule has 0 bridgehead atoms. The first-order chi connectivity index (χ1) is 4.84. The van der Waals surface area contributed by atoms with Crippen molar-refractivity contribution >= 4 is 26.1 Å². The molecule has 51 valence electrons. The van der Waals surface area contributed by atoms with Gasteiger partial charge in [0.05, 0.1) is 0 Å². The van der Waals surface area contributed by atoms with Crippen molar-refractivity contribution in [1.29, 1.82) is 0 Å². The number of nitrogens with two attached hydrogens (primary N) is 1. The van der Waals surface area contributed by atoms with E-state index in [2.05, 4.69) is 24.3 Å². The van der Waals surface area contributed by atoms with Crippen LogP contribution in [0.5, 0.6) is 0 Å². The van der Waals surface area contributed by atoms with Gasteiger partial charge in [-0.2, -0.15) is 0 Å². The fourth-order valence-corrected chi connectivity index (χ4v) is 1.76. The van der Waals surface area contributed by atoms with E-state index in [1.807, 2.05) is 0 Å². The van der Waals surface area contributed by atoms with E-state index in [1.54, 1.807) is 0 Å². The quantitative estimate of drug-likeness (QED) is 0.721. The fraction of sp³-hybridized carbons (Fsp3) is 0.250. The first kappa shape index (κ1) is 8.08. The molecular weight excluding hydrogens is 229 g/mol. The molecule has 0 aliphatic heterocycles. The van der Waals surface area contributed by atoms with Gasteiger partial charge < -0.3 is 0 Å². The van der Waals surface area contributed by atoms with Crippen molar-refractivity contribution in [2.75, 3.05) is 6.54 Å². The van der Waals surface area contributed by atoms with Crippen LogP contribution in [0.2, 0.25) is 0 Å². The molecule has 0 aromatic heterocycles. The Morgan fingerprint density at radius 2 is 2.00 bits per heavy atom. The minimum atomic E-state index is 0.755. The normalized spacial score (nSPS) is 9.80. The van der Waals surface area contributed by atoms with Crippen LogP contribution in [0.1, 0.15) is 5.56 Å². The maximum absolute atomic E-state index is 5.44.